The van der Waals surface area contributed by atoms with Crippen LogP contribution in [0, 0.1) is 0 Å². The third-order valence-electron chi connectivity index (χ3n) is 2.61. The first kappa shape index (κ1) is 10.4. The van der Waals surface area contributed by atoms with Gasteiger partial charge in [0.15, 0.2) is 11.5 Å². The minimum Gasteiger partial charge on any atom is -0.507 e. The summed E-state index contributed by atoms with van der Waals surface area (Å²) in [5.41, 5.74) is 0.472. The van der Waals surface area contributed by atoms with Crippen LogP contribution >= 0.6 is 0 Å². The van der Waals surface area contributed by atoms with Crippen LogP contribution in [0.5, 0.6) is 5.75 Å². The van der Waals surface area contributed by atoms with E-state index in [-0.39, 0.29) is 39.8 Å². The Morgan fingerprint density at radius 3 is 2.50 bits per heavy atom. The second-order valence-corrected chi connectivity index (χ2v) is 3.52. The van der Waals surface area contributed by atoms with E-state index >= 15 is 0 Å². The van der Waals surface area contributed by atoms with Crippen LogP contribution in [0.15, 0.2) is 29.5 Å². The molecule has 0 radical (unpaired) electrons. The van der Waals surface area contributed by atoms with Gasteiger partial charge in [0.1, 0.15) is 5.75 Å². The molecule has 0 saturated heterocycles. The lowest BCUT2D eigenvalue weighted by Gasteiger charge is -2.18. The van der Waals surface area contributed by atoms with Gasteiger partial charge in [-0.3, -0.25) is 9.59 Å². The molecular weight excluding hydrogens is 208 g/mol. The number of carbonyl (C=O) groups excluding carboxylic acids is 2. The van der Waals surface area contributed by atoms with Gasteiger partial charge in [-0.1, -0.05) is 6.07 Å². The van der Waals surface area contributed by atoms with Gasteiger partial charge in [-0.25, -0.2) is 0 Å². The van der Waals surface area contributed by atoms with Crippen LogP contribution in [0.2, 0.25) is 0 Å². The van der Waals surface area contributed by atoms with Crippen LogP contribution in [-0.2, 0) is 4.74 Å². The summed E-state index contributed by atoms with van der Waals surface area (Å²) in [7, 11) is 1.35. The first-order chi connectivity index (χ1) is 7.57. The molecule has 0 spiro atoms. The van der Waals surface area contributed by atoms with Gasteiger partial charge in [0, 0.05) is 11.1 Å². The van der Waals surface area contributed by atoms with E-state index in [1.54, 1.807) is 0 Å². The zero-order valence-corrected chi connectivity index (χ0v) is 8.90. The number of rotatable bonds is 1. The van der Waals surface area contributed by atoms with Crippen molar-refractivity contribution in [2.45, 2.75) is 6.92 Å². The Morgan fingerprint density at radius 1 is 1.19 bits per heavy atom. The normalized spacial score (nSPS) is 15.1. The van der Waals surface area contributed by atoms with E-state index in [4.69, 9.17) is 4.74 Å². The van der Waals surface area contributed by atoms with Crippen molar-refractivity contribution in [3.63, 3.8) is 0 Å². The van der Waals surface area contributed by atoms with E-state index in [0.29, 0.717) is 0 Å². The smallest absolute Gasteiger partial charge is 0.228 e. The Balaban J connectivity index is 2.74. The first-order valence-corrected chi connectivity index (χ1v) is 4.74. The highest BCUT2D eigenvalue weighted by atomic mass is 16.5. The highest BCUT2D eigenvalue weighted by Gasteiger charge is 2.32. The van der Waals surface area contributed by atoms with Crippen molar-refractivity contribution in [3.05, 3.63) is 40.7 Å². The fourth-order valence-electron chi connectivity index (χ4n) is 1.80. The van der Waals surface area contributed by atoms with Crippen LogP contribution in [0.25, 0.3) is 0 Å². The number of Topliss-reactive ketones (excluding diaryl/α,β-unsaturated/α-hetero) is 2. The van der Waals surface area contributed by atoms with Crippen molar-refractivity contribution in [2.24, 2.45) is 0 Å². The largest absolute Gasteiger partial charge is 0.507 e. The van der Waals surface area contributed by atoms with E-state index in [1.165, 1.54) is 32.2 Å². The topological polar surface area (TPSA) is 63.6 Å². The van der Waals surface area contributed by atoms with Crippen molar-refractivity contribution in [1.29, 1.82) is 0 Å². The van der Waals surface area contributed by atoms with Crippen molar-refractivity contribution in [1.82, 2.24) is 0 Å². The van der Waals surface area contributed by atoms with Gasteiger partial charge < -0.3 is 9.84 Å². The summed E-state index contributed by atoms with van der Waals surface area (Å²) in [6.07, 6.45) is 0. The molecule has 0 aliphatic heterocycles. The number of hydrogen-bond donors (Lipinski definition) is 1. The molecule has 1 aromatic rings. The number of allylic oxidation sites excluding steroid dienone is 2. The van der Waals surface area contributed by atoms with Crippen molar-refractivity contribution < 1.29 is 19.4 Å². The summed E-state index contributed by atoms with van der Waals surface area (Å²) in [6, 6.07) is 4.41. The van der Waals surface area contributed by atoms with Crippen molar-refractivity contribution in [2.75, 3.05) is 7.11 Å². The average molecular weight is 218 g/mol. The summed E-state index contributed by atoms with van der Waals surface area (Å²) in [5, 5.41) is 9.58. The third-order valence-corrected chi connectivity index (χ3v) is 2.61. The maximum Gasteiger partial charge on any atom is 0.228 e. The molecule has 0 heterocycles. The van der Waals surface area contributed by atoms with Crippen LogP contribution in [0.3, 0.4) is 0 Å². The second-order valence-electron chi connectivity index (χ2n) is 3.52. The summed E-state index contributed by atoms with van der Waals surface area (Å²) < 4.78 is 4.91. The quantitative estimate of drug-likeness (QED) is 0.779. The van der Waals surface area contributed by atoms with Crippen LogP contribution in [0.4, 0.5) is 0 Å². The number of phenolic OH excluding ortho intramolecular Hbond substituents is 1. The molecule has 4 nitrogen and oxygen atoms in total. The lowest BCUT2D eigenvalue weighted by Crippen LogP contribution is -2.21. The second kappa shape index (κ2) is 3.48. The molecule has 1 aliphatic rings. The Kier molecular flexibility index (Phi) is 2.27. The predicted molar refractivity (Wildman–Crippen MR) is 56.5 cm³/mol. The molecule has 16 heavy (non-hydrogen) atoms. The lowest BCUT2D eigenvalue weighted by molar-refractivity contribution is 0.0904. The molecule has 82 valence electrons. The number of benzene rings is 1. The molecule has 2 rings (SSSR count). The van der Waals surface area contributed by atoms with E-state index in [0.717, 1.165) is 0 Å². The van der Waals surface area contributed by atoms with E-state index in [9.17, 15) is 14.7 Å². The predicted octanol–water partition coefficient (Wildman–Crippen LogP) is 1.69. The lowest BCUT2D eigenvalue weighted by atomic mass is 9.88. The number of aromatic hydroxyl groups is 1. The molecule has 1 aromatic carbocycles. The van der Waals surface area contributed by atoms with Gasteiger partial charge in [0.2, 0.25) is 5.78 Å². The average Bonchev–Trinajstić information content (AvgIpc) is 2.27. The Hall–Kier alpha value is -2.10. The molecule has 1 aliphatic carbocycles. The summed E-state index contributed by atoms with van der Waals surface area (Å²) in [6.45, 7) is 1.51. The Labute approximate surface area is 92.2 Å². The molecule has 1 N–H and O–H groups in total. The van der Waals surface area contributed by atoms with Gasteiger partial charge in [-0.05, 0) is 19.1 Å². The molecule has 4 heteroatoms. The summed E-state index contributed by atoms with van der Waals surface area (Å²) >= 11 is 0. The molecule has 0 bridgehead atoms. The number of ketones is 2. The molecule has 0 amide bonds. The van der Waals surface area contributed by atoms with Gasteiger partial charge in [-0.15, -0.1) is 0 Å². The van der Waals surface area contributed by atoms with Crippen LogP contribution < -0.4 is 0 Å². The summed E-state index contributed by atoms with van der Waals surface area (Å²) in [4.78, 5) is 23.8. The zero-order valence-electron chi connectivity index (χ0n) is 8.90. The molecular formula is C12H10O4. The monoisotopic (exact) mass is 218 g/mol. The number of methoxy groups -OCH3 is 1. The fourth-order valence-corrected chi connectivity index (χ4v) is 1.80. The number of fused-ring (bicyclic) bond motifs is 1. The van der Waals surface area contributed by atoms with E-state index in [1.807, 2.05) is 0 Å². The summed E-state index contributed by atoms with van der Waals surface area (Å²) in [5.74, 6) is -0.872. The maximum absolute atomic E-state index is 11.9. The Bertz CT molecular complexity index is 526. The highest BCUT2D eigenvalue weighted by Crippen LogP contribution is 2.31. The van der Waals surface area contributed by atoms with E-state index in [2.05, 4.69) is 0 Å². The van der Waals surface area contributed by atoms with E-state index < -0.39 is 0 Å². The third kappa shape index (κ3) is 1.23. The number of phenols is 1. The Morgan fingerprint density at radius 2 is 1.88 bits per heavy atom. The molecule has 0 atom stereocenters. The molecule has 0 unspecified atom stereocenters. The van der Waals surface area contributed by atoms with Gasteiger partial charge in [-0.2, -0.15) is 0 Å². The highest BCUT2D eigenvalue weighted by molar-refractivity contribution is 6.26. The number of hydrogen-bond acceptors (Lipinski definition) is 4. The minimum atomic E-state index is -0.371. The van der Waals surface area contributed by atoms with Crippen LogP contribution in [-0.4, -0.2) is 23.8 Å². The zero-order chi connectivity index (χ0) is 11.9. The van der Waals surface area contributed by atoms with Gasteiger partial charge in [0.25, 0.3) is 0 Å². The SMILES string of the molecule is COC1=C(C)C(=O)c2c(O)cccc2C1=O. The van der Waals surface area contributed by atoms with Gasteiger partial charge >= 0.3 is 0 Å². The van der Waals surface area contributed by atoms with Crippen LogP contribution in [0.1, 0.15) is 27.6 Å². The van der Waals surface area contributed by atoms with Crippen molar-refractivity contribution >= 4 is 11.6 Å². The van der Waals surface area contributed by atoms with Gasteiger partial charge in [0.05, 0.1) is 12.7 Å². The first-order valence-electron chi connectivity index (χ1n) is 4.74. The molecule has 0 fully saturated rings. The number of ether oxygens (including phenoxy) is 1. The molecule has 0 aromatic heterocycles. The molecule has 0 saturated carbocycles. The minimum absolute atomic E-state index is 0.0445. The fraction of sp³-hybridized carbons (Fsp3) is 0.167. The number of carbonyl (C=O) groups is 2. The standard InChI is InChI=1S/C12H10O4/c1-6-10(14)9-7(4-3-5-8(9)13)11(15)12(6)16-2/h3-5,13H,1-2H3. The van der Waals surface area contributed by atoms with Crippen molar-refractivity contribution in [3.8, 4) is 5.75 Å². The maximum atomic E-state index is 11.9.